The van der Waals surface area contributed by atoms with Crippen molar-refractivity contribution in [1.29, 1.82) is 0 Å². The van der Waals surface area contributed by atoms with Gasteiger partial charge in [0.05, 0.1) is 5.02 Å². The number of ether oxygens (including phenoxy) is 2. The van der Waals surface area contributed by atoms with Crippen LogP contribution < -0.4 is 14.8 Å². The summed E-state index contributed by atoms with van der Waals surface area (Å²) in [7, 11) is 0. The lowest BCUT2D eigenvalue weighted by molar-refractivity contribution is -0.153. The number of carbonyl (C=O) groups excluding carboxylic acids is 1. The molecule has 7 nitrogen and oxygen atoms in total. The summed E-state index contributed by atoms with van der Waals surface area (Å²) < 4.78 is 53.2. The minimum atomic E-state index is -4.53. The van der Waals surface area contributed by atoms with Gasteiger partial charge in [-0.1, -0.05) is 11.6 Å². The van der Waals surface area contributed by atoms with Crippen molar-refractivity contribution in [2.75, 3.05) is 6.61 Å². The van der Waals surface area contributed by atoms with Gasteiger partial charge in [-0.25, -0.2) is 9.97 Å². The average molecular weight is 442 g/mol. The number of rotatable bonds is 6. The fourth-order valence-corrected chi connectivity index (χ4v) is 2.87. The van der Waals surface area contributed by atoms with Crippen LogP contribution in [0.1, 0.15) is 29.9 Å². The van der Waals surface area contributed by atoms with Gasteiger partial charge in [0.1, 0.15) is 11.3 Å². The van der Waals surface area contributed by atoms with Crippen LogP contribution >= 0.6 is 11.6 Å². The third-order valence-corrected chi connectivity index (χ3v) is 4.59. The van der Waals surface area contributed by atoms with Crippen LogP contribution in [0.2, 0.25) is 5.02 Å². The number of halogens is 4. The Bertz CT molecular complexity index is 1080. The minimum Gasteiger partial charge on any atom is -0.478 e. The molecule has 3 aromatic rings. The van der Waals surface area contributed by atoms with E-state index in [1.54, 1.807) is 6.07 Å². The van der Waals surface area contributed by atoms with E-state index in [0.717, 1.165) is 19.3 Å². The smallest absolute Gasteiger partial charge is 0.422 e. The fraction of sp³-hybridized carbons (Fsp3) is 0.316. The summed E-state index contributed by atoms with van der Waals surface area (Å²) >= 11 is 5.79. The molecule has 4 rings (SSSR count). The maximum Gasteiger partial charge on any atom is 0.422 e. The van der Waals surface area contributed by atoms with E-state index in [0.29, 0.717) is 5.52 Å². The zero-order chi connectivity index (χ0) is 21.3. The second-order valence-electron chi connectivity index (χ2n) is 6.71. The van der Waals surface area contributed by atoms with Crippen molar-refractivity contribution in [3.63, 3.8) is 0 Å². The molecule has 0 bridgehead atoms. The van der Waals surface area contributed by atoms with Gasteiger partial charge in [-0.15, -0.1) is 0 Å². The van der Waals surface area contributed by atoms with Crippen LogP contribution in [0.25, 0.3) is 11.1 Å². The number of hydrogen-bond acceptors (Lipinski definition) is 6. The van der Waals surface area contributed by atoms with Crippen LogP contribution in [0.4, 0.5) is 13.2 Å². The van der Waals surface area contributed by atoms with Gasteiger partial charge in [0.25, 0.3) is 11.8 Å². The molecular formula is C19H15ClF3N3O4. The monoisotopic (exact) mass is 441 g/mol. The lowest BCUT2D eigenvalue weighted by Gasteiger charge is -2.25. The Morgan fingerprint density at radius 3 is 2.80 bits per heavy atom. The number of nitrogens with one attached hydrogen (secondary N) is 1. The van der Waals surface area contributed by atoms with E-state index in [4.69, 9.17) is 25.5 Å². The molecule has 2 heterocycles. The van der Waals surface area contributed by atoms with E-state index in [1.807, 2.05) is 0 Å². The molecule has 0 aliphatic heterocycles. The zero-order valence-corrected chi connectivity index (χ0v) is 16.1. The number of amides is 1. The van der Waals surface area contributed by atoms with Gasteiger partial charge >= 0.3 is 12.1 Å². The number of benzene rings is 1. The molecule has 0 saturated heterocycles. The topological polar surface area (TPSA) is 86.5 Å². The highest BCUT2D eigenvalue weighted by molar-refractivity contribution is 6.30. The summed E-state index contributed by atoms with van der Waals surface area (Å²) in [6.45, 7) is -1.52. The first-order valence-electron chi connectivity index (χ1n) is 9.01. The van der Waals surface area contributed by atoms with Gasteiger partial charge in [0.2, 0.25) is 0 Å². The zero-order valence-electron chi connectivity index (χ0n) is 15.3. The second-order valence-corrected chi connectivity index (χ2v) is 7.15. The van der Waals surface area contributed by atoms with Crippen molar-refractivity contribution in [2.45, 2.75) is 31.5 Å². The summed E-state index contributed by atoms with van der Waals surface area (Å²) in [6.07, 6.45) is -0.387. The van der Waals surface area contributed by atoms with E-state index in [9.17, 15) is 18.0 Å². The molecule has 0 radical (unpaired) electrons. The summed E-state index contributed by atoms with van der Waals surface area (Å²) in [5.74, 6) is -0.742. The predicted octanol–water partition coefficient (Wildman–Crippen LogP) is 4.89. The van der Waals surface area contributed by atoms with Gasteiger partial charge < -0.3 is 19.2 Å². The summed E-state index contributed by atoms with van der Waals surface area (Å²) in [4.78, 5) is 20.2. The lowest BCUT2D eigenvalue weighted by Crippen LogP contribution is -2.39. The largest absolute Gasteiger partial charge is 0.478 e. The molecule has 1 saturated carbocycles. The Morgan fingerprint density at radius 1 is 1.30 bits per heavy atom. The van der Waals surface area contributed by atoms with Crippen LogP contribution in [-0.2, 0) is 0 Å². The normalized spacial score (nSPS) is 14.4. The van der Waals surface area contributed by atoms with Gasteiger partial charge in [0, 0.05) is 24.4 Å². The first kappa shape index (κ1) is 20.3. The van der Waals surface area contributed by atoms with Crippen LogP contribution in [0.5, 0.6) is 17.4 Å². The highest BCUT2D eigenvalue weighted by atomic mass is 35.5. The number of aromatic nitrogens is 2. The van der Waals surface area contributed by atoms with Crippen LogP contribution in [0, 0.1) is 0 Å². The summed E-state index contributed by atoms with van der Waals surface area (Å²) in [5.41, 5.74) is 0.705. The van der Waals surface area contributed by atoms with E-state index >= 15 is 0 Å². The number of pyridine rings is 1. The third kappa shape index (κ3) is 4.76. The number of fused-ring (bicyclic) bond motifs is 1. The molecule has 0 unspecified atom stereocenters. The average Bonchev–Trinajstić information content (AvgIpc) is 3.07. The standard InChI is InChI=1S/C19H15ClF3N3O4/c20-10-6-15(28-9-19(21,22)23)17(24-8-10)29-12-4-5-13-14(7-12)30-18(26-13)16(27)25-11-2-1-3-11/h4-8,11H,1-3,9H2,(H,25,27). The summed E-state index contributed by atoms with van der Waals surface area (Å²) in [6, 6.07) is 5.83. The Hall–Kier alpha value is -3.01. The summed E-state index contributed by atoms with van der Waals surface area (Å²) in [5, 5.41) is 2.92. The third-order valence-electron chi connectivity index (χ3n) is 4.39. The van der Waals surface area contributed by atoms with E-state index in [1.165, 1.54) is 24.4 Å². The van der Waals surface area contributed by atoms with Gasteiger partial charge in [-0.3, -0.25) is 4.79 Å². The van der Waals surface area contributed by atoms with Crippen molar-refractivity contribution < 1.29 is 31.9 Å². The molecule has 0 atom stereocenters. The second kappa shape index (κ2) is 8.02. The van der Waals surface area contributed by atoms with E-state index in [-0.39, 0.29) is 39.9 Å². The van der Waals surface area contributed by atoms with Gasteiger partial charge in [-0.05, 0) is 31.4 Å². The quantitative estimate of drug-likeness (QED) is 0.586. The van der Waals surface area contributed by atoms with Crippen LogP contribution in [0.15, 0.2) is 34.9 Å². The minimum absolute atomic E-state index is 0.0760. The van der Waals surface area contributed by atoms with Gasteiger partial charge in [-0.2, -0.15) is 13.2 Å². The van der Waals surface area contributed by atoms with E-state index in [2.05, 4.69) is 15.3 Å². The molecule has 1 aromatic carbocycles. The van der Waals surface area contributed by atoms with Crippen molar-refractivity contribution in [1.82, 2.24) is 15.3 Å². The number of carbonyl (C=O) groups is 1. The molecule has 1 aliphatic carbocycles. The highest BCUT2D eigenvalue weighted by Gasteiger charge is 2.29. The fourth-order valence-electron chi connectivity index (χ4n) is 2.72. The lowest BCUT2D eigenvalue weighted by atomic mass is 9.93. The van der Waals surface area contributed by atoms with Crippen molar-refractivity contribution in [2.24, 2.45) is 0 Å². The van der Waals surface area contributed by atoms with Gasteiger partial charge in [0.15, 0.2) is 17.9 Å². The van der Waals surface area contributed by atoms with Crippen molar-refractivity contribution in [3.8, 4) is 17.4 Å². The molecular weight excluding hydrogens is 427 g/mol. The number of alkyl halides is 3. The number of hydrogen-bond donors (Lipinski definition) is 1. The first-order valence-corrected chi connectivity index (χ1v) is 9.39. The molecule has 1 aliphatic rings. The predicted molar refractivity (Wildman–Crippen MR) is 100.0 cm³/mol. The molecule has 11 heteroatoms. The molecule has 1 amide bonds. The molecule has 158 valence electrons. The molecule has 30 heavy (non-hydrogen) atoms. The Labute approximate surface area is 173 Å². The molecule has 2 aromatic heterocycles. The van der Waals surface area contributed by atoms with E-state index < -0.39 is 18.7 Å². The number of oxazole rings is 1. The maximum absolute atomic E-state index is 12.5. The van der Waals surface area contributed by atoms with Crippen molar-refractivity contribution in [3.05, 3.63) is 41.4 Å². The van der Waals surface area contributed by atoms with Crippen molar-refractivity contribution >= 4 is 28.6 Å². The Morgan fingerprint density at radius 2 is 2.10 bits per heavy atom. The Balaban J connectivity index is 1.53. The van der Waals surface area contributed by atoms with Crippen LogP contribution in [-0.4, -0.2) is 34.7 Å². The first-order chi connectivity index (χ1) is 14.3. The molecule has 1 N–H and O–H groups in total. The SMILES string of the molecule is O=C(NC1CCC1)c1nc2ccc(Oc3ncc(Cl)cc3OCC(F)(F)F)cc2o1. The molecule has 1 fully saturated rings. The van der Waals surface area contributed by atoms with Crippen LogP contribution in [0.3, 0.4) is 0 Å². The highest BCUT2D eigenvalue weighted by Crippen LogP contribution is 2.34. The number of nitrogens with zero attached hydrogens (tertiary/aromatic N) is 2. The maximum atomic E-state index is 12.5. The molecule has 0 spiro atoms. The Kier molecular flexibility index (Phi) is 5.42.